The fraction of sp³-hybridized carbons (Fsp3) is 0.600. The van der Waals surface area contributed by atoms with Crippen LogP contribution in [-0.2, 0) is 0 Å². The van der Waals surface area contributed by atoms with E-state index in [0.717, 1.165) is 24.9 Å². The zero-order chi connectivity index (χ0) is 12.1. The van der Waals surface area contributed by atoms with E-state index in [1.165, 1.54) is 24.8 Å². The average Bonchev–Trinajstić information content (AvgIpc) is 2.76. The summed E-state index contributed by atoms with van der Waals surface area (Å²) in [7, 11) is 0. The summed E-state index contributed by atoms with van der Waals surface area (Å²) in [5, 5.41) is 3.63. The first-order valence-electron chi connectivity index (χ1n) is 6.79. The Morgan fingerprint density at radius 3 is 2.71 bits per heavy atom. The summed E-state index contributed by atoms with van der Waals surface area (Å²) in [5.41, 5.74) is 7.41. The lowest BCUT2D eigenvalue weighted by molar-refractivity contribution is 0.478. The number of nitrogens with one attached hydrogen (secondary N) is 1. The third-order valence-corrected chi connectivity index (χ3v) is 3.81. The average molecular weight is 232 g/mol. The second-order valence-electron chi connectivity index (χ2n) is 5.38. The van der Waals surface area contributed by atoms with Crippen LogP contribution in [-0.4, -0.2) is 12.6 Å². The number of nitrogens with two attached hydrogens (primary N) is 1. The highest BCUT2D eigenvalue weighted by Gasteiger charge is 2.20. The molecule has 0 spiro atoms. The minimum atomic E-state index is 0.169. The van der Waals surface area contributed by atoms with Gasteiger partial charge in [0, 0.05) is 12.1 Å². The molecule has 1 aromatic rings. The van der Waals surface area contributed by atoms with Crippen molar-refractivity contribution in [2.24, 2.45) is 11.7 Å². The molecule has 0 aromatic heterocycles. The van der Waals surface area contributed by atoms with Gasteiger partial charge in [0.1, 0.15) is 0 Å². The van der Waals surface area contributed by atoms with E-state index in [-0.39, 0.29) is 6.04 Å². The predicted molar refractivity (Wildman–Crippen MR) is 72.8 cm³/mol. The van der Waals surface area contributed by atoms with Crippen LogP contribution in [0.3, 0.4) is 0 Å². The first-order chi connectivity index (χ1) is 8.25. The standard InChI is InChI=1S/C15H24N2/c1-12-7-8-14(11-12)17-10-9-15(16)13-5-3-2-4-6-13/h2-6,12,14-15,17H,7-11,16H2,1H3. The summed E-state index contributed by atoms with van der Waals surface area (Å²) in [6.07, 6.45) is 5.07. The summed E-state index contributed by atoms with van der Waals surface area (Å²) in [4.78, 5) is 0. The van der Waals surface area contributed by atoms with Gasteiger partial charge in [-0.1, -0.05) is 37.3 Å². The molecule has 94 valence electrons. The van der Waals surface area contributed by atoms with Crippen LogP contribution < -0.4 is 11.1 Å². The van der Waals surface area contributed by atoms with Crippen LogP contribution in [0, 0.1) is 5.92 Å². The van der Waals surface area contributed by atoms with Crippen LogP contribution in [0.5, 0.6) is 0 Å². The second-order valence-corrected chi connectivity index (χ2v) is 5.38. The third kappa shape index (κ3) is 3.83. The van der Waals surface area contributed by atoms with Crippen LogP contribution in [0.4, 0.5) is 0 Å². The molecule has 3 N–H and O–H groups in total. The maximum absolute atomic E-state index is 6.17. The van der Waals surface area contributed by atoms with Gasteiger partial charge in [-0.25, -0.2) is 0 Å². The van der Waals surface area contributed by atoms with Crippen molar-refractivity contribution in [2.45, 2.75) is 44.7 Å². The van der Waals surface area contributed by atoms with E-state index in [1.54, 1.807) is 0 Å². The van der Waals surface area contributed by atoms with Crippen LogP contribution in [0.25, 0.3) is 0 Å². The first kappa shape index (κ1) is 12.6. The Bertz CT molecular complexity index is 323. The molecular formula is C15H24N2. The predicted octanol–water partition coefficient (Wildman–Crippen LogP) is 2.85. The Morgan fingerprint density at radius 1 is 1.29 bits per heavy atom. The van der Waals surface area contributed by atoms with Gasteiger partial charge >= 0.3 is 0 Å². The Hall–Kier alpha value is -0.860. The first-order valence-corrected chi connectivity index (χ1v) is 6.79. The highest BCUT2D eigenvalue weighted by molar-refractivity contribution is 5.18. The molecule has 0 amide bonds. The molecule has 2 heteroatoms. The van der Waals surface area contributed by atoms with Crippen molar-refractivity contribution >= 4 is 0 Å². The fourth-order valence-corrected chi connectivity index (χ4v) is 2.70. The number of benzene rings is 1. The zero-order valence-corrected chi connectivity index (χ0v) is 10.7. The topological polar surface area (TPSA) is 38.0 Å². The third-order valence-electron chi connectivity index (χ3n) is 3.81. The molecule has 1 aliphatic carbocycles. The second kappa shape index (κ2) is 6.18. The van der Waals surface area contributed by atoms with Crippen molar-refractivity contribution in [1.82, 2.24) is 5.32 Å². The minimum absolute atomic E-state index is 0.169. The highest BCUT2D eigenvalue weighted by Crippen LogP contribution is 2.24. The maximum Gasteiger partial charge on any atom is 0.0306 e. The van der Waals surface area contributed by atoms with E-state index < -0.39 is 0 Å². The van der Waals surface area contributed by atoms with E-state index in [9.17, 15) is 0 Å². The van der Waals surface area contributed by atoms with Crippen LogP contribution >= 0.6 is 0 Å². The summed E-state index contributed by atoms with van der Waals surface area (Å²) in [6, 6.07) is 11.3. The van der Waals surface area contributed by atoms with Crippen molar-refractivity contribution in [3.8, 4) is 0 Å². The molecule has 0 heterocycles. The molecule has 0 aliphatic heterocycles. The molecule has 1 aliphatic rings. The number of hydrogen-bond donors (Lipinski definition) is 2. The molecule has 17 heavy (non-hydrogen) atoms. The molecule has 1 aromatic carbocycles. The lowest BCUT2D eigenvalue weighted by Crippen LogP contribution is -2.29. The number of rotatable bonds is 5. The van der Waals surface area contributed by atoms with Gasteiger partial charge in [0.25, 0.3) is 0 Å². The molecule has 3 atom stereocenters. The molecule has 0 bridgehead atoms. The molecule has 0 saturated heterocycles. The minimum Gasteiger partial charge on any atom is -0.324 e. The maximum atomic E-state index is 6.17. The molecular weight excluding hydrogens is 208 g/mol. The molecule has 2 nitrogen and oxygen atoms in total. The molecule has 1 saturated carbocycles. The van der Waals surface area contributed by atoms with E-state index in [1.807, 2.05) is 6.07 Å². The summed E-state index contributed by atoms with van der Waals surface area (Å²) >= 11 is 0. The smallest absolute Gasteiger partial charge is 0.0306 e. The van der Waals surface area contributed by atoms with Gasteiger partial charge in [-0.3, -0.25) is 0 Å². The highest BCUT2D eigenvalue weighted by atomic mass is 14.9. The van der Waals surface area contributed by atoms with E-state index in [0.29, 0.717) is 0 Å². The monoisotopic (exact) mass is 232 g/mol. The number of hydrogen-bond acceptors (Lipinski definition) is 2. The van der Waals surface area contributed by atoms with Crippen molar-refractivity contribution in [3.63, 3.8) is 0 Å². The zero-order valence-electron chi connectivity index (χ0n) is 10.7. The van der Waals surface area contributed by atoms with Crippen molar-refractivity contribution in [2.75, 3.05) is 6.54 Å². The van der Waals surface area contributed by atoms with Gasteiger partial charge in [0.2, 0.25) is 0 Å². The van der Waals surface area contributed by atoms with Crippen molar-refractivity contribution < 1.29 is 0 Å². The van der Waals surface area contributed by atoms with Crippen LogP contribution in [0.2, 0.25) is 0 Å². The van der Waals surface area contributed by atoms with Crippen molar-refractivity contribution in [3.05, 3.63) is 35.9 Å². The van der Waals surface area contributed by atoms with Crippen LogP contribution in [0.1, 0.15) is 44.2 Å². The summed E-state index contributed by atoms with van der Waals surface area (Å²) in [6.45, 7) is 3.38. The molecule has 3 unspecified atom stereocenters. The van der Waals surface area contributed by atoms with Gasteiger partial charge in [0.05, 0.1) is 0 Å². The quantitative estimate of drug-likeness (QED) is 0.819. The normalized spacial score (nSPS) is 26.0. The van der Waals surface area contributed by atoms with Gasteiger partial charge in [0.15, 0.2) is 0 Å². The van der Waals surface area contributed by atoms with Crippen molar-refractivity contribution in [1.29, 1.82) is 0 Å². The Labute approximate surface area is 105 Å². The van der Waals surface area contributed by atoms with E-state index in [4.69, 9.17) is 5.73 Å². The van der Waals surface area contributed by atoms with Gasteiger partial charge in [-0.05, 0) is 43.7 Å². The largest absolute Gasteiger partial charge is 0.324 e. The van der Waals surface area contributed by atoms with E-state index >= 15 is 0 Å². The summed E-state index contributed by atoms with van der Waals surface area (Å²) in [5.74, 6) is 0.898. The van der Waals surface area contributed by atoms with E-state index in [2.05, 4.69) is 36.5 Å². The lowest BCUT2D eigenvalue weighted by Gasteiger charge is -2.16. The molecule has 2 rings (SSSR count). The summed E-state index contributed by atoms with van der Waals surface area (Å²) < 4.78 is 0. The van der Waals surface area contributed by atoms with Gasteiger partial charge in [-0.2, -0.15) is 0 Å². The Kier molecular flexibility index (Phi) is 4.57. The van der Waals surface area contributed by atoms with Gasteiger partial charge in [-0.15, -0.1) is 0 Å². The lowest BCUT2D eigenvalue weighted by atomic mass is 10.0. The fourth-order valence-electron chi connectivity index (χ4n) is 2.70. The SMILES string of the molecule is CC1CCC(NCCC(N)c2ccccc2)C1. The Morgan fingerprint density at radius 2 is 2.06 bits per heavy atom. The Balaban J connectivity index is 1.68. The molecule has 0 radical (unpaired) electrons. The van der Waals surface area contributed by atoms with Crippen LogP contribution in [0.15, 0.2) is 30.3 Å². The van der Waals surface area contributed by atoms with Gasteiger partial charge < -0.3 is 11.1 Å². The molecule has 1 fully saturated rings.